The standard InChI is InChI=1S/C75H111N3O42/c1-32(79)99-28-43-53(103-34(3)81)60(104-35(4)82)66(106-37(6)84)75(113-43)120-54-44(29-100-33(2)80)114-74(67(107-38(7)85)61(54)105-36(5)83)119-52-45(30-101-68(86)39-23-21-20-22-24-39)112-73(65(98-19)59(52)94-15)118-51-42(27-89-10)111-72(64(97-18)58(51)93-14)117-50-41(26-88-9)110-71(63(96-17)57(50)92-13)116-49-40(25-87-8)109-70(62(95-16)56(49)91-12)115-48-46-31-102-69(108-46)47(77-78-76)55(48)90-11/h20-24,40-67,69-75H,25-31H2,1-19H3/t40?,41?,42?,43?,44?,45?,46?,47-,48-,49+,50+,51+,52+,53+,54+,55?,56?,57?,58?,59?,60?,61?,62?,63?,64-,65-,66?,67?,69+,70-,71+,72-,73-,74-,75+/m0/s1. The van der Waals surface area contributed by atoms with E-state index in [4.69, 9.17) is 161 Å². The summed E-state index contributed by atoms with van der Waals surface area (Å²) in [5, 5.41) is 3.90. The van der Waals surface area contributed by atoms with Gasteiger partial charge in [0.15, 0.2) is 74.6 Å². The largest absolute Gasteiger partial charge is 0.463 e. The second-order valence-corrected chi connectivity index (χ2v) is 28.5. The van der Waals surface area contributed by atoms with Crippen LogP contribution in [0.1, 0.15) is 58.8 Å². The molecule has 678 valence electrons. The summed E-state index contributed by atoms with van der Waals surface area (Å²) in [7, 11) is 16.8. The van der Waals surface area contributed by atoms with Crippen molar-refractivity contribution in [1.82, 2.24) is 0 Å². The van der Waals surface area contributed by atoms with E-state index in [1.54, 1.807) is 18.2 Å². The molecule has 0 aromatic heterocycles. The minimum atomic E-state index is -2.02. The average Bonchev–Trinajstić information content (AvgIpc) is 1.11. The van der Waals surface area contributed by atoms with Crippen molar-refractivity contribution in [3.63, 3.8) is 0 Å². The Morgan fingerprint density at radius 2 is 0.608 bits per heavy atom. The van der Waals surface area contributed by atoms with Crippen LogP contribution in [-0.2, 0) is 195 Å². The first-order valence-corrected chi connectivity index (χ1v) is 38.4. The molecule has 8 saturated heterocycles. The van der Waals surface area contributed by atoms with Crippen molar-refractivity contribution < 1.29 is 199 Å². The molecule has 8 aliphatic heterocycles. The summed E-state index contributed by atoms with van der Waals surface area (Å²) < 4.78 is 212. The number of azide groups is 1. The van der Waals surface area contributed by atoms with Gasteiger partial charge in [0.1, 0.15) is 154 Å². The highest BCUT2D eigenvalue weighted by Crippen LogP contribution is 2.44. The third-order valence-electron chi connectivity index (χ3n) is 20.8. The van der Waals surface area contributed by atoms with E-state index in [2.05, 4.69) is 10.0 Å². The van der Waals surface area contributed by atoms with Crippen LogP contribution >= 0.6 is 0 Å². The Hall–Kier alpha value is -6.75. The molecule has 2 bridgehead atoms. The molecule has 45 nitrogen and oxygen atoms in total. The lowest BCUT2D eigenvalue weighted by atomic mass is 9.94. The van der Waals surface area contributed by atoms with Gasteiger partial charge < -0.3 is 161 Å². The minimum absolute atomic E-state index is 0.0783. The molecule has 0 N–H and O–H groups in total. The van der Waals surface area contributed by atoms with Crippen LogP contribution in [0.15, 0.2) is 35.4 Å². The zero-order valence-corrected chi connectivity index (χ0v) is 70.0. The van der Waals surface area contributed by atoms with Gasteiger partial charge in [-0.3, -0.25) is 33.6 Å². The van der Waals surface area contributed by atoms with E-state index in [-0.39, 0.29) is 32.0 Å². The lowest BCUT2D eigenvalue weighted by molar-refractivity contribution is -0.402. The van der Waals surface area contributed by atoms with Gasteiger partial charge in [-0.2, -0.15) is 0 Å². The van der Waals surface area contributed by atoms with Gasteiger partial charge in [-0.25, -0.2) is 4.79 Å². The summed E-state index contributed by atoms with van der Waals surface area (Å²) in [6.45, 7) is 4.53. The first-order valence-electron chi connectivity index (χ1n) is 38.4. The molecule has 0 amide bonds. The second-order valence-electron chi connectivity index (χ2n) is 28.5. The molecule has 8 heterocycles. The van der Waals surface area contributed by atoms with Crippen LogP contribution < -0.4 is 0 Å². The van der Waals surface area contributed by atoms with Gasteiger partial charge in [0.2, 0.25) is 0 Å². The second kappa shape index (κ2) is 46.3. The van der Waals surface area contributed by atoms with Crippen LogP contribution in [0.2, 0.25) is 0 Å². The predicted molar refractivity (Wildman–Crippen MR) is 389 cm³/mol. The monoisotopic (exact) mass is 1730 g/mol. The molecular formula is C75H111N3O42. The molecule has 0 aliphatic carbocycles. The van der Waals surface area contributed by atoms with Crippen LogP contribution in [-0.4, -0.2) is 394 Å². The maximum atomic E-state index is 14.1. The number of rotatable bonds is 40. The van der Waals surface area contributed by atoms with E-state index in [1.165, 1.54) is 97.5 Å². The maximum absolute atomic E-state index is 14.1. The van der Waals surface area contributed by atoms with Crippen molar-refractivity contribution >= 4 is 47.8 Å². The Kier molecular flexibility index (Phi) is 37.4. The highest BCUT2D eigenvalue weighted by Gasteiger charge is 2.63. The quantitative estimate of drug-likeness (QED) is 0.0270. The Morgan fingerprint density at radius 1 is 0.325 bits per heavy atom. The lowest BCUT2D eigenvalue weighted by Crippen LogP contribution is -2.69. The molecule has 18 unspecified atom stereocenters. The molecule has 1 aromatic rings. The van der Waals surface area contributed by atoms with E-state index >= 15 is 0 Å². The van der Waals surface area contributed by atoms with E-state index in [0.29, 0.717) is 0 Å². The average molecular weight is 1730 g/mol. The van der Waals surface area contributed by atoms with Crippen molar-refractivity contribution in [1.29, 1.82) is 0 Å². The predicted octanol–water partition coefficient (Wildman–Crippen LogP) is -0.203. The Bertz CT molecular complexity index is 3500. The lowest BCUT2D eigenvalue weighted by Gasteiger charge is -2.52. The number of esters is 8. The van der Waals surface area contributed by atoms with Crippen LogP contribution in [0.3, 0.4) is 0 Å². The summed E-state index contributed by atoms with van der Waals surface area (Å²) in [5.41, 5.74) is 9.58. The molecule has 8 fully saturated rings. The molecule has 1 aromatic carbocycles. The van der Waals surface area contributed by atoms with E-state index in [1.807, 2.05) is 0 Å². The molecule has 0 spiro atoms. The van der Waals surface area contributed by atoms with Gasteiger partial charge >= 0.3 is 47.8 Å². The summed E-state index contributed by atoms with van der Waals surface area (Å²) in [6.07, 6.45) is -46.7. The number of carbonyl (C=O) groups excluding carboxylic acids is 8. The highest BCUT2D eigenvalue weighted by atomic mass is 16.8. The van der Waals surface area contributed by atoms with E-state index in [9.17, 15) is 43.9 Å². The summed E-state index contributed by atoms with van der Waals surface area (Å²) in [5.74, 6) is -7.62. The summed E-state index contributed by atoms with van der Waals surface area (Å²) in [6, 6.07) is 6.96. The van der Waals surface area contributed by atoms with Crippen molar-refractivity contribution in [2.45, 2.75) is 263 Å². The van der Waals surface area contributed by atoms with Gasteiger partial charge in [-0.1, -0.05) is 23.3 Å². The zero-order chi connectivity index (χ0) is 87.3. The van der Waals surface area contributed by atoms with Gasteiger partial charge in [-0.15, -0.1) is 0 Å². The smallest absolute Gasteiger partial charge is 0.338 e. The van der Waals surface area contributed by atoms with Gasteiger partial charge in [0.25, 0.3) is 0 Å². The Labute approximate surface area is 691 Å². The summed E-state index contributed by atoms with van der Waals surface area (Å²) in [4.78, 5) is 108. The molecule has 0 radical (unpaired) electrons. The molecule has 45 heteroatoms. The third-order valence-corrected chi connectivity index (χ3v) is 20.8. The first kappa shape index (κ1) is 97.1. The van der Waals surface area contributed by atoms with Gasteiger partial charge in [-0.05, 0) is 17.7 Å². The number of fused-ring (bicyclic) bond motifs is 2. The first-order chi connectivity index (χ1) is 57.6. The topological polar surface area (TPSA) is 499 Å². The molecule has 9 rings (SSSR count). The number of methoxy groups -OCH3 is 12. The van der Waals surface area contributed by atoms with Crippen molar-refractivity contribution in [3.05, 3.63) is 46.3 Å². The van der Waals surface area contributed by atoms with E-state index < -0.39 is 282 Å². The van der Waals surface area contributed by atoms with Gasteiger partial charge in [0.05, 0.1) is 38.1 Å². The number of ether oxygens (including phenoxy) is 34. The highest BCUT2D eigenvalue weighted by molar-refractivity contribution is 5.89. The third kappa shape index (κ3) is 23.6. The maximum Gasteiger partial charge on any atom is 0.338 e. The van der Waals surface area contributed by atoms with Crippen LogP contribution in [0.5, 0.6) is 0 Å². The molecule has 0 saturated carbocycles. The summed E-state index contributed by atoms with van der Waals surface area (Å²) >= 11 is 0. The number of nitrogens with zero attached hydrogens (tertiary/aromatic N) is 3. The molecule has 8 aliphatic rings. The molecule has 120 heavy (non-hydrogen) atoms. The number of hydrogen-bond donors (Lipinski definition) is 0. The minimum Gasteiger partial charge on any atom is -0.463 e. The molecule has 35 atom stereocenters. The van der Waals surface area contributed by atoms with Crippen molar-refractivity contribution in [3.8, 4) is 0 Å². The SMILES string of the molecule is COCC1O[C@@H](O[C@H]2C3CO[C@H](O3)[C@@H](N=[N+]=[N-])C2OC)C(OC)C(OC)[C@@H]1O[C@H]1OC(COC)[C@@H](O[C@@H]2OC(COC)[C@@H](O[C@@H]3OC(COC(=O)c4ccccc4)[C@@H](O[C@@H]4OC(COC(C)=O)[C@@H](O[C@H]5OC(COC(C)=O)[C@@H](OC(C)=O)C(OC(C)=O)C5OC(C)=O)C(OC(C)=O)C4OC(C)=O)C(OC)[C@@H]3OC)C(OC)[C@@H]2OC)C(OC)C1OC. The fourth-order valence-corrected chi connectivity index (χ4v) is 15.8. The Balaban J connectivity index is 1.01. The van der Waals surface area contributed by atoms with Gasteiger partial charge in [0, 0.05) is 139 Å². The van der Waals surface area contributed by atoms with Crippen molar-refractivity contribution in [2.75, 3.05) is 132 Å². The van der Waals surface area contributed by atoms with E-state index in [0.717, 1.165) is 48.5 Å². The Morgan fingerprint density at radius 3 is 0.925 bits per heavy atom. The van der Waals surface area contributed by atoms with Crippen LogP contribution in [0, 0.1) is 0 Å². The number of carbonyl (C=O) groups is 8. The molecular weight excluding hydrogens is 1610 g/mol. The number of benzene rings is 1. The normalized spacial score (nSPS) is 38.6. The fourth-order valence-electron chi connectivity index (χ4n) is 15.8. The fraction of sp³-hybridized carbons (Fsp3) is 0.813. The van der Waals surface area contributed by atoms with Crippen LogP contribution in [0.4, 0.5) is 0 Å². The van der Waals surface area contributed by atoms with Crippen molar-refractivity contribution in [2.24, 2.45) is 5.11 Å². The zero-order valence-electron chi connectivity index (χ0n) is 70.0. The van der Waals surface area contributed by atoms with Crippen LogP contribution in [0.25, 0.3) is 10.4 Å². The number of hydrogen-bond acceptors (Lipinski definition) is 43.